The molecule has 2 amide bonds. The van der Waals surface area contributed by atoms with Gasteiger partial charge in [0, 0.05) is 26.6 Å². The molecule has 1 aromatic carbocycles. The minimum atomic E-state index is -0.672. The number of nitrogens with zero attached hydrogens (tertiary/aromatic N) is 1. The molecule has 1 fully saturated rings. The molecule has 6 nitrogen and oxygen atoms in total. The van der Waals surface area contributed by atoms with E-state index < -0.39 is 17.7 Å². The molecule has 28 heavy (non-hydrogen) atoms. The van der Waals surface area contributed by atoms with Gasteiger partial charge in [0.25, 0.3) is 0 Å². The van der Waals surface area contributed by atoms with Crippen LogP contribution in [0.15, 0.2) is 30.3 Å². The molecule has 0 aromatic heterocycles. The molecule has 0 spiro atoms. The number of benzene rings is 1. The summed E-state index contributed by atoms with van der Waals surface area (Å²) in [5.41, 5.74) is 0.371. The Morgan fingerprint density at radius 1 is 1.25 bits per heavy atom. The second kappa shape index (κ2) is 10.5. The van der Waals surface area contributed by atoms with Crippen LogP contribution in [0.2, 0.25) is 0 Å². The Kier molecular flexibility index (Phi) is 8.30. The number of ether oxygens (including phenoxy) is 2. The van der Waals surface area contributed by atoms with Crippen LogP contribution in [0, 0.1) is 0 Å². The lowest BCUT2D eigenvalue weighted by molar-refractivity contribution is -0.132. The number of hydrogen-bond acceptors (Lipinski definition) is 4. The van der Waals surface area contributed by atoms with Gasteiger partial charge in [-0.1, -0.05) is 30.3 Å². The molecule has 1 saturated heterocycles. The lowest BCUT2D eigenvalue weighted by Gasteiger charge is -2.28. The monoisotopic (exact) mass is 390 g/mol. The Morgan fingerprint density at radius 2 is 1.96 bits per heavy atom. The third-order valence-corrected chi connectivity index (χ3v) is 4.71. The first-order valence-electron chi connectivity index (χ1n) is 10.1. The average molecular weight is 391 g/mol. The highest BCUT2D eigenvalue weighted by Crippen LogP contribution is 2.16. The highest BCUT2D eigenvalue weighted by molar-refractivity contribution is 5.85. The van der Waals surface area contributed by atoms with Gasteiger partial charge in [-0.15, -0.1) is 0 Å². The smallest absolute Gasteiger partial charge is 0.408 e. The Balaban J connectivity index is 1.98. The van der Waals surface area contributed by atoms with Crippen molar-refractivity contribution in [3.8, 4) is 0 Å². The molecule has 0 saturated carbocycles. The second-order valence-corrected chi connectivity index (χ2v) is 8.43. The van der Waals surface area contributed by atoms with Crippen LogP contribution in [-0.4, -0.2) is 54.8 Å². The molecule has 1 N–H and O–H groups in total. The van der Waals surface area contributed by atoms with E-state index in [1.165, 1.54) is 6.42 Å². The second-order valence-electron chi connectivity index (χ2n) is 8.43. The fourth-order valence-corrected chi connectivity index (χ4v) is 3.25. The van der Waals surface area contributed by atoms with Gasteiger partial charge in [0.15, 0.2) is 0 Å². The van der Waals surface area contributed by atoms with Crippen LogP contribution in [0.1, 0.15) is 52.0 Å². The molecule has 2 unspecified atom stereocenters. The minimum absolute atomic E-state index is 0.120. The summed E-state index contributed by atoms with van der Waals surface area (Å²) >= 11 is 0. The third-order valence-electron chi connectivity index (χ3n) is 4.71. The SMILES string of the molecule is CN(CCC1CCCCO1)C(=O)C(Cc1ccccc1)NC(=O)OC(C)(C)C. The maximum atomic E-state index is 13.0. The number of alkyl carbamates (subject to hydrolysis) is 1. The van der Waals surface area contributed by atoms with Crippen molar-refractivity contribution < 1.29 is 19.1 Å². The van der Waals surface area contributed by atoms with Gasteiger partial charge < -0.3 is 19.7 Å². The number of rotatable bonds is 7. The van der Waals surface area contributed by atoms with Gasteiger partial charge in [-0.25, -0.2) is 4.79 Å². The van der Waals surface area contributed by atoms with Crippen LogP contribution >= 0.6 is 0 Å². The summed E-state index contributed by atoms with van der Waals surface area (Å²) in [5.74, 6) is -0.120. The van der Waals surface area contributed by atoms with E-state index in [4.69, 9.17) is 9.47 Å². The van der Waals surface area contributed by atoms with Crippen molar-refractivity contribution in [3.63, 3.8) is 0 Å². The lowest BCUT2D eigenvalue weighted by atomic mass is 10.0. The number of amides is 2. The summed E-state index contributed by atoms with van der Waals surface area (Å²) in [7, 11) is 1.78. The van der Waals surface area contributed by atoms with E-state index in [1.807, 2.05) is 30.3 Å². The van der Waals surface area contributed by atoms with Gasteiger partial charge in [-0.2, -0.15) is 0 Å². The summed E-state index contributed by atoms with van der Waals surface area (Å²) in [6.07, 6.45) is 4.21. The first-order chi connectivity index (χ1) is 13.2. The molecule has 156 valence electrons. The fourth-order valence-electron chi connectivity index (χ4n) is 3.25. The topological polar surface area (TPSA) is 67.9 Å². The van der Waals surface area contributed by atoms with Gasteiger partial charge >= 0.3 is 6.09 Å². The van der Waals surface area contributed by atoms with Crippen LogP contribution in [-0.2, 0) is 20.7 Å². The van der Waals surface area contributed by atoms with Gasteiger partial charge in [-0.05, 0) is 52.0 Å². The Morgan fingerprint density at radius 3 is 2.57 bits per heavy atom. The van der Waals surface area contributed by atoms with Crippen molar-refractivity contribution in [2.75, 3.05) is 20.2 Å². The van der Waals surface area contributed by atoms with Crippen LogP contribution in [0.3, 0.4) is 0 Å². The van der Waals surface area contributed by atoms with E-state index in [2.05, 4.69) is 5.32 Å². The third kappa shape index (κ3) is 7.89. The predicted molar refractivity (Wildman–Crippen MR) is 109 cm³/mol. The van der Waals surface area contributed by atoms with Crippen molar-refractivity contribution in [2.24, 2.45) is 0 Å². The predicted octanol–water partition coefficient (Wildman–Crippen LogP) is 3.54. The number of carbonyl (C=O) groups is 2. The Hall–Kier alpha value is -2.08. The molecule has 1 heterocycles. The number of nitrogens with one attached hydrogen (secondary N) is 1. The first kappa shape index (κ1) is 22.2. The molecule has 0 aliphatic carbocycles. The van der Waals surface area contributed by atoms with Crippen molar-refractivity contribution >= 4 is 12.0 Å². The first-order valence-corrected chi connectivity index (χ1v) is 10.1. The largest absolute Gasteiger partial charge is 0.444 e. The quantitative estimate of drug-likeness (QED) is 0.773. The summed E-state index contributed by atoms with van der Waals surface area (Å²) in [6.45, 7) is 6.81. The zero-order valence-electron chi connectivity index (χ0n) is 17.6. The number of likely N-dealkylation sites (N-methyl/N-ethyl adjacent to an activating group) is 1. The van der Waals surface area contributed by atoms with Crippen molar-refractivity contribution in [2.45, 2.75) is 70.6 Å². The minimum Gasteiger partial charge on any atom is -0.444 e. The Labute approximate surface area is 168 Å². The lowest BCUT2D eigenvalue weighted by Crippen LogP contribution is -2.50. The van der Waals surface area contributed by atoms with E-state index in [0.717, 1.165) is 31.4 Å². The summed E-state index contributed by atoms with van der Waals surface area (Å²) in [4.78, 5) is 27.0. The van der Waals surface area contributed by atoms with Crippen LogP contribution in [0.4, 0.5) is 4.79 Å². The van der Waals surface area contributed by atoms with Gasteiger partial charge in [0.2, 0.25) is 5.91 Å². The molecule has 2 atom stereocenters. The molecule has 1 aliphatic heterocycles. The summed E-state index contributed by atoms with van der Waals surface area (Å²) < 4.78 is 11.1. The van der Waals surface area contributed by atoms with Gasteiger partial charge in [-0.3, -0.25) is 4.79 Å². The van der Waals surface area contributed by atoms with Gasteiger partial charge in [0.05, 0.1) is 6.10 Å². The van der Waals surface area contributed by atoms with Crippen molar-refractivity contribution in [3.05, 3.63) is 35.9 Å². The molecule has 0 radical (unpaired) electrons. The van der Waals surface area contributed by atoms with Crippen molar-refractivity contribution in [1.29, 1.82) is 0 Å². The zero-order valence-corrected chi connectivity index (χ0v) is 17.6. The highest BCUT2D eigenvalue weighted by Gasteiger charge is 2.27. The molecular weight excluding hydrogens is 356 g/mol. The summed E-state index contributed by atoms with van der Waals surface area (Å²) in [5, 5.41) is 2.76. The molecule has 1 aromatic rings. The molecular formula is C22H34N2O4. The molecule has 6 heteroatoms. The molecule has 0 bridgehead atoms. The highest BCUT2D eigenvalue weighted by atomic mass is 16.6. The summed E-state index contributed by atoms with van der Waals surface area (Å²) in [6, 6.07) is 9.01. The maximum Gasteiger partial charge on any atom is 0.408 e. The molecule has 1 aliphatic rings. The number of hydrogen-bond donors (Lipinski definition) is 1. The van der Waals surface area contributed by atoms with Crippen molar-refractivity contribution in [1.82, 2.24) is 10.2 Å². The maximum absolute atomic E-state index is 13.0. The van der Waals surface area contributed by atoms with E-state index in [0.29, 0.717) is 13.0 Å². The van der Waals surface area contributed by atoms with Crippen LogP contribution in [0.25, 0.3) is 0 Å². The van der Waals surface area contributed by atoms with Gasteiger partial charge in [0.1, 0.15) is 11.6 Å². The normalized spacial score (nSPS) is 18.2. The Bertz CT molecular complexity index is 621. The van der Waals surface area contributed by atoms with E-state index in [1.54, 1.807) is 32.7 Å². The average Bonchev–Trinajstić information content (AvgIpc) is 2.65. The zero-order chi connectivity index (χ0) is 20.6. The van der Waals surface area contributed by atoms with E-state index in [-0.39, 0.29) is 12.0 Å². The van der Waals surface area contributed by atoms with Crippen LogP contribution < -0.4 is 5.32 Å². The standard InChI is InChI=1S/C22H34N2O4/c1-22(2,3)28-21(26)23-19(16-17-10-6-5-7-11-17)20(25)24(4)14-13-18-12-8-9-15-27-18/h5-7,10-11,18-19H,8-9,12-16H2,1-4H3,(H,23,26). The van der Waals surface area contributed by atoms with E-state index in [9.17, 15) is 9.59 Å². The number of carbonyl (C=O) groups excluding carboxylic acids is 2. The van der Waals surface area contributed by atoms with Crippen LogP contribution in [0.5, 0.6) is 0 Å². The van der Waals surface area contributed by atoms with E-state index >= 15 is 0 Å². The fraction of sp³-hybridized carbons (Fsp3) is 0.636. The molecule has 2 rings (SSSR count).